The quantitative estimate of drug-likeness (QED) is 0.172. The molecule has 0 bridgehead atoms. The van der Waals surface area contributed by atoms with Crippen LogP contribution < -0.4 is 4.90 Å². The van der Waals surface area contributed by atoms with Crippen molar-refractivity contribution < 1.29 is 4.42 Å². The summed E-state index contributed by atoms with van der Waals surface area (Å²) >= 11 is 0. The summed E-state index contributed by atoms with van der Waals surface area (Å²) in [6, 6.07) is 64.1. The predicted molar refractivity (Wildman–Crippen MR) is 224 cm³/mol. The highest BCUT2D eigenvalue weighted by molar-refractivity contribution is 6.34. The summed E-state index contributed by atoms with van der Waals surface area (Å²) in [6.07, 6.45) is 0. The number of nitrogens with zero attached hydrogens (tertiary/aromatic N) is 1. The molecule has 0 atom stereocenters. The highest BCUT2D eigenvalue weighted by Gasteiger charge is 2.35. The van der Waals surface area contributed by atoms with Gasteiger partial charge in [-0.05, 0) is 121 Å². The van der Waals surface area contributed by atoms with Gasteiger partial charge in [-0.1, -0.05) is 129 Å². The van der Waals surface area contributed by atoms with Crippen molar-refractivity contribution in [1.29, 1.82) is 0 Å². The minimum absolute atomic E-state index is 0.0732. The normalized spacial score (nSPS) is 13.2. The highest BCUT2D eigenvalue weighted by Crippen LogP contribution is 2.51. The second kappa shape index (κ2) is 11.2. The van der Waals surface area contributed by atoms with Crippen LogP contribution >= 0.6 is 0 Å². The van der Waals surface area contributed by atoms with Gasteiger partial charge in [0.25, 0.3) is 0 Å². The Morgan fingerprint density at radius 2 is 0.981 bits per heavy atom. The maximum absolute atomic E-state index is 6.35. The minimum atomic E-state index is -0.0732. The zero-order chi connectivity index (χ0) is 35.3. The van der Waals surface area contributed by atoms with Crippen LogP contribution in [-0.2, 0) is 5.41 Å². The smallest absolute Gasteiger partial charge is 0.136 e. The van der Waals surface area contributed by atoms with E-state index in [1.54, 1.807) is 0 Å². The van der Waals surface area contributed by atoms with E-state index in [1.807, 2.05) is 6.07 Å². The molecule has 250 valence electrons. The average molecular weight is 678 g/mol. The fraction of sp³-hybridized carbons (Fsp3) is 0.0588. The first kappa shape index (κ1) is 30.0. The van der Waals surface area contributed by atoms with Gasteiger partial charge in [-0.25, -0.2) is 0 Å². The van der Waals surface area contributed by atoms with Gasteiger partial charge in [0.05, 0.1) is 0 Å². The van der Waals surface area contributed by atoms with Crippen LogP contribution in [0.1, 0.15) is 25.0 Å². The van der Waals surface area contributed by atoms with E-state index in [-0.39, 0.29) is 5.41 Å². The Bertz CT molecular complexity index is 3080. The molecule has 0 aliphatic heterocycles. The molecular formula is C51H35NO. The van der Waals surface area contributed by atoms with Crippen molar-refractivity contribution in [3.8, 4) is 22.3 Å². The number of para-hydroxylation sites is 2. The number of hydrogen-bond acceptors (Lipinski definition) is 2. The number of hydrogen-bond donors (Lipinski definition) is 0. The molecule has 0 spiro atoms. The van der Waals surface area contributed by atoms with E-state index in [0.29, 0.717) is 0 Å². The van der Waals surface area contributed by atoms with Crippen molar-refractivity contribution >= 4 is 71.3 Å². The topological polar surface area (TPSA) is 16.4 Å². The Hall–Kier alpha value is -6.64. The number of fused-ring (bicyclic) bond motifs is 13. The molecule has 1 heterocycles. The molecule has 0 saturated heterocycles. The van der Waals surface area contributed by atoms with E-state index < -0.39 is 0 Å². The summed E-state index contributed by atoms with van der Waals surface area (Å²) in [4.78, 5) is 2.38. The molecule has 0 unspecified atom stereocenters. The van der Waals surface area contributed by atoms with Gasteiger partial charge in [0, 0.05) is 38.6 Å². The third kappa shape index (κ3) is 4.39. The predicted octanol–water partition coefficient (Wildman–Crippen LogP) is 14.5. The van der Waals surface area contributed by atoms with Gasteiger partial charge in [-0.3, -0.25) is 0 Å². The summed E-state index contributed by atoms with van der Waals surface area (Å²) in [5.74, 6) is 0. The van der Waals surface area contributed by atoms with Gasteiger partial charge in [0.2, 0.25) is 0 Å². The molecule has 11 rings (SSSR count). The molecule has 1 aliphatic carbocycles. The van der Waals surface area contributed by atoms with Crippen LogP contribution in [0, 0.1) is 0 Å². The summed E-state index contributed by atoms with van der Waals surface area (Å²) in [7, 11) is 0. The lowest BCUT2D eigenvalue weighted by Gasteiger charge is -2.28. The SMILES string of the molecule is CC1(C)c2ccccc2-c2ccc(N(c3ccccc3)c3ccc(-c4ccc5c6ccccc6c6c(ccc7oc8ccccc8c76)c5c4)cc3)cc21. The van der Waals surface area contributed by atoms with E-state index in [0.717, 1.165) is 33.6 Å². The van der Waals surface area contributed by atoms with Crippen molar-refractivity contribution in [3.05, 3.63) is 187 Å². The maximum atomic E-state index is 6.35. The van der Waals surface area contributed by atoms with Gasteiger partial charge in [0.15, 0.2) is 0 Å². The van der Waals surface area contributed by atoms with Gasteiger partial charge in [-0.2, -0.15) is 0 Å². The van der Waals surface area contributed by atoms with Gasteiger partial charge >= 0.3 is 0 Å². The van der Waals surface area contributed by atoms with E-state index in [9.17, 15) is 0 Å². The summed E-state index contributed by atoms with van der Waals surface area (Å²) in [5, 5.41) is 9.86. The first-order valence-corrected chi connectivity index (χ1v) is 18.4. The molecule has 0 N–H and O–H groups in total. The number of benzene rings is 9. The summed E-state index contributed by atoms with van der Waals surface area (Å²) in [5.41, 5.74) is 13.0. The molecule has 1 aromatic heterocycles. The largest absolute Gasteiger partial charge is 0.456 e. The molecule has 2 heteroatoms. The van der Waals surface area contributed by atoms with Crippen LogP contribution in [0.4, 0.5) is 17.1 Å². The van der Waals surface area contributed by atoms with Crippen molar-refractivity contribution in [2.75, 3.05) is 4.90 Å². The zero-order valence-electron chi connectivity index (χ0n) is 29.6. The third-order valence-electron chi connectivity index (χ3n) is 11.6. The average Bonchev–Trinajstić information content (AvgIpc) is 3.70. The standard InChI is InChI=1S/C51H35NO/c1-51(2)45-18-10-8-15-39(45)40-27-25-36(31-46(40)51)52(34-12-4-3-5-13-34)35-23-20-32(21-24-35)33-22-26-38-37-14-6-7-16-41(37)49-42(44(38)30-33)28-29-48-50(49)43-17-9-11-19-47(43)53-48/h3-31H,1-2H3. The fourth-order valence-electron chi connectivity index (χ4n) is 9.10. The molecule has 53 heavy (non-hydrogen) atoms. The van der Waals surface area contributed by atoms with E-state index in [4.69, 9.17) is 4.42 Å². The Labute approximate surface area is 308 Å². The first-order valence-electron chi connectivity index (χ1n) is 18.4. The lowest BCUT2D eigenvalue weighted by atomic mass is 9.82. The van der Waals surface area contributed by atoms with E-state index in [1.165, 1.54) is 71.1 Å². The van der Waals surface area contributed by atoms with Gasteiger partial charge < -0.3 is 9.32 Å². The summed E-state index contributed by atoms with van der Waals surface area (Å²) in [6.45, 7) is 4.69. The minimum Gasteiger partial charge on any atom is -0.456 e. The second-order valence-electron chi connectivity index (χ2n) is 14.9. The van der Waals surface area contributed by atoms with Crippen molar-refractivity contribution in [3.63, 3.8) is 0 Å². The van der Waals surface area contributed by atoms with E-state index in [2.05, 4.69) is 189 Å². The molecular weight excluding hydrogens is 643 g/mol. The third-order valence-corrected chi connectivity index (χ3v) is 11.6. The number of rotatable bonds is 4. The molecule has 2 nitrogen and oxygen atoms in total. The van der Waals surface area contributed by atoms with Crippen molar-refractivity contribution in [1.82, 2.24) is 0 Å². The van der Waals surface area contributed by atoms with E-state index >= 15 is 0 Å². The van der Waals surface area contributed by atoms with Crippen LogP contribution in [-0.4, -0.2) is 0 Å². The van der Waals surface area contributed by atoms with Crippen LogP contribution in [0.25, 0.3) is 76.5 Å². The van der Waals surface area contributed by atoms with Crippen LogP contribution in [0.3, 0.4) is 0 Å². The van der Waals surface area contributed by atoms with Gasteiger partial charge in [0.1, 0.15) is 11.2 Å². The zero-order valence-corrected chi connectivity index (χ0v) is 29.6. The fourth-order valence-corrected chi connectivity index (χ4v) is 9.10. The monoisotopic (exact) mass is 677 g/mol. The molecule has 9 aromatic carbocycles. The van der Waals surface area contributed by atoms with Crippen molar-refractivity contribution in [2.24, 2.45) is 0 Å². The lowest BCUT2D eigenvalue weighted by molar-refractivity contribution is 0.660. The molecule has 1 aliphatic rings. The van der Waals surface area contributed by atoms with Crippen molar-refractivity contribution in [2.45, 2.75) is 19.3 Å². The Morgan fingerprint density at radius 3 is 1.83 bits per heavy atom. The number of anilines is 3. The maximum Gasteiger partial charge on any atom is 0.136 e. The Kier molecular flexibility index (Phi) is 6.33. The Balaban J connectivity index is 1.05. The van der Waals surface area contributed by atoms with Gasteiger partial charge in [-0.15, -0.1) is 0 Å². The molecule has 0 radical (unpaired) electrons. The highest BCUT2D eigenvalue weighted by atomic mass is 16.3. The molecule has 0 fully saturated rings. The number of furan rings is 1. The molecule has 0 saturated carbocycles. The van der Waals surface area contributed by atoms with Crippen LogP contribution in [0.15, 0.2) is 180 Å². The summed E-state index contributed by atoms with van der Waals surface area (Å²) < 4.78 is 6.35. The second-order valence-corrected chi connectivity index (χ2v) is 14.9. The molecule has 10 aromatic rings. The molecule has 0 amide bonds. The van der Waals surface area contributed by atoms with Crippen LogP contribution in [0.5, 0.6) is 0 Å². The lowest BCUT2D eigenvalue weighted by Crippen LogP contribution is -2.16. The van der Waals surface area contributed by atoms with Crippen LogP contribution in [0.2, 0.25) is 0 Å². The first-order chi connectivity index (χ1) is 26.0. The Morgan fingerprint density at radius 1 is 0.377 bits per heavy atom.